The Kier molecular flexibility index (Phi) is 5.92. The van der Waals surface area contributed by atoms with Crippen molar-refractivity contribution in [3.05, 3.63) is 23.8 Å². The molecule has 0 unspecified atom stereocenters. The molecule has 5 heteroatoms. The highest BCUT2D eigenvalue weighted by molar-refractivity contribution is 5.67. The Morgan fingerprint density at radius 3 is 2.73 bits per heavy atom. The lowest BCUT2D eigenvalue weighted by Gasteiger charge is -2.31. The van der Waals surface area contributed by atoms with Crippen LogP contribution in [-0.2, 0) is 4.74 Å². The summed E-state index contributed by atoms with van der Waals surface area (Å²) in [4.78, 5) is 13.7. The minimum Gasteiger partial charge on any atom is -0.495 e. The van der Waals surface area contributed by atoms with Crippen LogP contribution >= 0.6 is 0 Å². The number of nitrogens with zero attached hydrogens (tertiary/aromatic N) is 1. The van der Waals surface area contributed by atoms with Crippen LogP contribution in [0.25, 0.3) is 0 Å². The van der Waals surface area contributed by atoms with Crippen LogP contribution in [0.15, 0.2) is 18.2 Å². The first-order valence-electron chi connectivity index (χ1n) is 8.00. The molecule has 1 aromatic carbocycles. The van der Waals surface area contributed by atoms with E-state index >= 15 is 0 Å². The highest BCUT2D eigenvalue weighted by Gasteiger charge is 2.25. The zero-order valence-corrected chi connectivity index (χ0v) is 13.5. The molecule has 0 bridgehead atoms. The number of nitrogens with two attached hydrogens (primary N) is 1. The zero-order chi connectivity index (χ0) is 15.9. The Bertz CT molecular complexity index is 497. The van der Waals surface area contributed by atoms with E-state index in [0.29, 0.717) is 18.2 Å². The lowest BCUT2D eigenvalue weighted by atomic mass is 9.89. The molecule has 1 heterocycles. The predicted octanol–water partition coefficient (Wildman–Crippen LogP) is 3.39. The first-order valence-corrected chi connectivity index (χ1v) is 8.00. The molecule has 122 valence electrons. The minimum absolute atomic E-state index is 0.179. The van der Waals surface area contributed by atoms with E-state index in [1.165, 1.54) is 5.56 Å². The molecule has 2 rings (SSSR count). The quantitative estimate of drug-likeness (QED) is 0.669. The van der Waals surface area contributed by atoms with Gasteiger partial charge in [0.25, 0.3) is 0 Å². The van der Waals surface area contributed by atoms with Crippen molar-refractivity contribution in [2.24, 2.45) is 0 Å². The van der Waals surface area contributed by atoms with Gasteiger partial charge in [-0.05, 0) is 42.9 Å². The van der Waals surface area contributed by atoms with Crippen LogP contribution < -0.4 is 10.5 Å². The van der Waals surface area contributed by atoms with Crippen molar-refractivity contribution >= 4 is 11.8 Å². The maximum absolute atomic E-state index is 11.9. The van der Waals surface area contributed by atoms with Gasteiger partial charge in [-0.2, -0.15) is 0 Å². The molecule has 0 atom stereocenters. The summed E-state index contributed by atoms with van der Waals surface area (Å²) >= 11 is 0. The molecule has 1 amide bonds. The third kappa shape index (κ3) is 4.06. The van der Waals surface area contributed by atoms with Gasteiger partial charge in [0.1, 0.15) is 5.75 Å². The number of carbonyl (C=O) groups is 1. The number of benzene rings is 1. The second-order valence-corrected chi connectivity index (χ2v) is 5.73. The van der Waals surface area contributed by atoms with Gasteiger partial charge >= 0.3 is 6.09 Å². The third-order valence-electron chi connectivity index (χ3n) is 4.21. The maximum Gasteiger partial charge on any atom is 0.409 e. The molecule has 5 nitrogen and oxygen atoms in total. The van der Waals surface area contributed by atoms with Gasteiger partial charge in [0.15, 0.2) is 0 Å². The minimum atomic E-state index is -0.179. The third-order valence-corrected chi connectivity index (χ3v) is 4.21. The predicted molar refractivity (Wildman–Crippen MR) is 87.2 cm³/mol. The molecule has 1 aromatic rings. The molecule has 0 radical (unpaired) electrons. The fourth-order valence-electron chi connectivity index (χ4n) is 2.77. The maximum atomic E-state index is 11.9. The highest BCUT2D eigenvalue weighted by Crippen LogP contribution is 2.32. The summed E-state index contributed by atoms with van der Waals surface area (Å²) in [6.07, 6.45) is 3.66. The van der Waals surface area contributed by atoms with Crippen molar-refractivity contribution in [1.29, 1.82) is 0 Å². The summed E-state index contributed by atoms with van der Waals surface area (Å²) in [5.41, 5.74) is 7.74. The first-order chi connectivity index (χ1) is 10.7. The van der Waals surface area contributed by atoms with Gasteiger partial charge in [0.2, 0.25) is 0 Å². The van der Waals surface area contributed by atoms with Crippen LogP contribution in [0, 0.1) is 0 Å². The van der Waals surface area contributed by atoms with Gasteiger partial charge in [0.05, 0.1) is 19.4 Å². The monoisotopic (exact) mass is 306 g/mol. The molecule has 0 saturated carbocycles. The van der Waals surface area contributed by atoms with Gasteiger partial charge in [-0.15, -0.1) is 0 Å². The van der Waals surface area contributed by atoms with Gasteiger partial charge in [-0.25, -0.2) is 4.79 Å². The number of ether oxygens (including phenoxy) is 2. The smallest absolute Gasteiger partial charge is 0.409 e. The second-order valence-electron chi connectivity index (χ2n) is 5.73. The van der Waals surface area contributed by atoms with E-state index in [0.717, 1.165) is 44.5 Å². The number of unbranched alkanes of at least 4 members (excludes halogenated alkanes) is 1. The standard InChI is InChI=1S/C17H26N2O3/c1-3-4-11-22-17(20)19-9-7-13(8-10-19)14-5-6-15(18)16(12-14)21-2/h5-6,12-13H,3-4,7-11,18H2,1-2H3. The molecule has 1 aliphatic heterocycles. The van der Waals surface area contributed by atoms with E-state index in [1.54, 1.807) is 12.0 Å². The Morgan fingerprint density at radius 2 is 2.09 bits per heavy atom. The lowest BCUT2D eigenvalue weighted by molar-refractivity contribution is 0.0916. The zero-order valence-electron chi connectivity index (χ0n) is 13.5. The largest absolute Gasteiger partial charge is 0.495 e. The molecular formula is C17H26N2O3. The van der Waals surface area contributed by atoms with Crippen molar-refractivity contribution in [1.82, 2.24) is 4.90 Å². The van der Waals surface area contributed by atoms with Crippen molar-refractivity contribution in [2.45, 2.75) is 38.5 Å². The van der Waals surface area contributed by atoms with Crippen LogP contribution in [0.5, 0.6) is 5.75 Å². The SMILES string of the molecule is CCCCOC(=O)N1CCC(c2ccc(N)c(OC)c2)CC1. The average Bonchev–Trinajstić information content (AvgIpc) is 2.55. The molecule has 0 aliphatic carbocycles. The summed E-state index contributed by atoms with van der Waals surface area (Å²) in [6, 6.07) is 5.95. The molecule has 22 heavy (non-hydrogen) atoms. The molecular weight excluding hydrogens is 280 g/mol. The fraction of sp³-hybridized carbons (Fsp3) is 0.588. The van der Waals surface area contributed by atoms with E-state index < -0.39 is 0 Å². The number of methoxy groups -OCH3 is 1. The van der Waals surface area contributed by atoms with Gasteiger partial charge in [-0.1, -0.05) is 19.4 Å². The van der Waals surface area contributed by atoms with Gasteiger partial charge < -0.3 is 20.1 Å². The van der Waals surface area contributed by atoms with Gasteiger partial charge in [-0.3, -0.25) is 0 Å². The van der Waals surface area contributed by atoms with Crippen molar-refractivity contribution in [3.63, 3.8) is 0 Å². The molecule has 0 aromatic heterocycles. The van der Waals surface area contributed by atoms with E-state index in [-0.39, 0.29) is 6.09 Å². The number of piperidine rings is 1. The fourth-order valence-corrected chi connectivity index (χ4v) is 2.77. The number of amides is 1. The van der Waals surface area contributed by atoms with Crippen LogP contribution in [0.4, 0.5) is 10.5 Å². The first kappa shape index (κ1) is 16.5. The normalized spacial score (nSPS) is 15.6. The van der Waals surface area contributed by atoms with Crippen molar-refractivity contribution in [3.8, 4) is 5.75 Å². The van der Waals surface area contributed by atoms with E-state index in [2.05, 4.69) is 13.0 Å². The molecule has 1 aliphatic rings. The number of nitrogen functional groups attached to an aromatic ring is 1. The average molecular weight is 306 g/mol. The Balaban J connectivity index is 1.88. The number of hydrogen-bond acceptors (Lipinski definition) is 4. The number of hydrogen-bond donors (Lipinski definition) is 1. The Morgan fingerprint density at radius 1 is 1.36 bits per heavy atom. The number of likely N-dealkylation sites (tertiary alicyclic amines) is 1. The lowest BCUT2D eigenvalue weighted by Crippen LogP contribution is -2.38. The molecule has 1 saturated heterocycles. The van der Waals surface area contributed by atoms with Crippen LogP contribution in [0.3, 0.4) is 0 Å². The molecule has 2 N–H and O–H groups in total. The molecule has 0 spiro atoms. The summed E-state index contributed by atoms with van der Waals surface area (Å²) in [7, 11) is 1.63. The Hall–Kier alpha value is -1.91. The second kappa shape index (κ2) is 7.92. The van der Waals surface area contributed by atoms with Crippen molar-refractivity contribution in [2.75, 3.05) is 32.5 Å². The summed E-state index contributed by atoms with van der Waals surface area (Å²) < 4.78 is 10.5. The van der Waals surface area contributed by atoms with Crippen LogP contribution in [-0.4, -0.2) is 37.8 Å². The number of rotatable bonds is 5. The number of carbonyl (C=O) groups excluding carboxylic acids is 1. The summed E-state index contributed by atoms with van der Waals surface area (Å²) in [5.74, 6) is 1.16. The molecule has 1 fully saturated rings. The summed E-state index contributed by atoms with van der Waals surface area (Å²) in [5, 5.41) is 0. The van der Waals surface area contributed by atoms with Crippen LogP contribution in [0.2, 0.25) is 0 Å². The Labute approximate surface area is 132 Å². The van der Waals surface area contributed by atoms with Crippen molar-refractivity contribution < 1.29 is 14.3 Å². The number of anilines is 1. The van der Waals surface area contributed by atoms with Crippen LogP contribution in [0.1, 0.15) is 44.1 Å². The van der Waals surface area contributed by atoms with E-state index in [1.807, 2.05) is 12.1 Å². The summed E-state index contributed by atoms with van der Waals surface area (Å²) in [6.45, 7) is 4.08. The van der Waals surface area contributed by atoms with E-state index in [9.17, 15) is 4.79 Å². The topological polar surface area (TPSA) is 64.8 Å². The highest BCUT2D eigenvalue weighted by atomic mass is 16.6. The van der Waals surface area contributed by atoms with E-state index in [4.69, 9.17) is 15.2 Å². The van der Waals surface area contributed by atoms with Gasteiger partial charge in [0, 0.05) is 13.1 Å².